The lowest BCUT2D eigenvalue weighted by atomic mass is 9.87. The van der Waals surface area contributed by atoms with Crippen molar-refractivity contribution in [3.05, 3.63) is 77.9 Å². The third kappa shape index (κ3) is 6.34. The summed E-state index contributed by atoms with van der Waals surface area (Å²) in [5.41, 5.74) is 2.48. The van der Waals surface area contributed by atoms with E-state index in [9.17, 15) is 18.4 Å². The third-order valence-corrected chi connectivity index (χ3v) is 7.11. The predicted octanol–water partition coefficient (Wildman–Crippen LogP) is 5.05. The quantitative estimate of drug-likeness (QED) is 0.409. The molecule has 2 aromatic rings. The Labute approximate surface area is 205 Å². The summed E-state index contributed by atoms with van der Waals surface area (Å²) < 4.78 is 32.8. The summed E-state index contributed by atoms with van der Waals surface area (Å²) in [6.07, 6.45) is 5.44. The molecule has 1 fully saturated rings. The van der Waals surface area contributed by atoms with Crippen LogP contribution in [0.15, 0.2) is 55.1 Å². The first kappa shape index (κ1) is 25.0. The Morgan fingerprint density at radius 3 is 2.43 bits per heavy atom. The molecule has 7 heteroatoms. The van der Waals surface area contributed by atoms with Crippen molar-refractivity contribution in [1.82, 2.24) is 4.90 Å². The van der Waals surface area contributed by atoms with Crippen LogP contribution in [0.2, 0.25) is 0 Å². The van der Waals surface area contributed by atoms with Crippen LogP contribution in [0.5, 0.6) is 0 Å². The van der Waals surface area contributed by atoms with Gasteiger partial charge in [0.2, 0.25) is 5.91 Å². The molecule has 0 aliphatic carbocycles. The lowest BCUT2D eigenvalue weighted by Crippen LogP contribution is -2.44. The summed E-state index contributed by atoms with van der Waals surface area (Å²) in [4.78, 5) is 28.5. The van der Waals surface area contributed by atoms with Crippen LogP contribution in [-0.4, -0.2) is 49.6 Å². The first-order chi connectivity index (χ1) is 16.9. The van der Waals surface area contributed by atoms with E-state index in [1.165, 1.54) is 30.3 Å². The van der Waals surface area contributed by atoms with Gasteiger partial charge in [-0.25, -0.2) is 13.6 Å². The second-order valence-electron chi connectivity index (χ2n) is 9.37. The standard InChI is InChI=1S/C28H32F2N2O3/c1-2-28(34)35-17-13-20-11-15-31(16-12-20)19-27(33)32-14-3-4-24(21-5-7-22(29)8-6-21)25-10-9-23(30)18-26(25)32/h2,5-10,18,20,24H,1,3-4,11-17,19H2. The van der Waals surface area contributed by atoms with Crippen molar-refractivity contribution >= 4 is 17.6 Å². The van der Waals surface area contributed by atoms with Crippen molar-refractivity contribution in [2.75, 3.05) is 37.7 Å². The minimum Gasteiger partial charge on any atom is -0.463 e. The second kappa shape index (κ2) is 11.6. The lowest BCUT2D eigenvalue weighted by molar-refractivity contribution is -0.138. The van der Waals surface area contributed by atoms with Gasteiger partial charge in [-0.2, -0.15) is 0 Å². The van der Waals surface area contributed by atoms with Crippen molar-refractivity contribution < 1.29 is 23.1 Å². The van der Waals surface area contributed by atoms with Gasteiger partial charge in [-0.05, 0) is 86.5 Å². The lowest BCUT2D eigenvalue weighted by Gasteiger charge is -2.33. The highest BCUT2D eigenvalue weighted by molar-refractivity contribution is 5.96. The van der Waals surface area contributed by atoms with E-state index in [0.29, 0.717) is 24.8 Å². The highest BCUT2D eigenvalue weighted by Gasteiger charge is 2.29. The van der Waals surface area contributed by atoms with E-state index < -0.39 is 5.97 Å². The number of anilines is 1. The van der Waals surface area contributed by atoms with Crippen LogP contribution in [0, 0.1) is 17.6 Å². The second-order valence-corrected chi connectivity index (χ2v) is 9.37. The van der Waals surface area contributed by atoms with Crippen LogP contribution in [0.3, 0.4) is 0 Å². The molecule has 0 spiro atoms. The van der Waals surface area contributed by atoms with Crippen LogP contribution < -0.4 is 4.90 Å². The molecule has 4 rings (SSSR count). The molecule has 0 saturated carbocycles. The van der Waals surface area contributed by atoms with Gasteiger partial charge in [0.25, 0.3) is 0 Å². The average Bonchev–Trinajstić information content (AvgIpc) is 3.05. The number of carbonyl (C=O) groups is 2. The zero-order chi connectivity index (χ0) is 24.8. The number of ether oxygens (including phenoxy) is 1. The van der Waals surface area contributed by atoms with E-state index in [1.54, 1.807) is 23.1 Å². The molecule has 2 aliphatic rings. The predicted molar refractivity (Wildman–Crippen MR) is 131 cm³/mol. The maximum absolute atomic E-state index is 14.3. The molecule has 2 heterocycles. The minimum absolute atomic E-state index is 0.0186. The van der Waals surface area contributed by atoms with Gasteiger partial charge >= 0.3 is 5.97 Å². The first-order valence-corrected chi connectivity index (χ1v) is 12.3. The monoisotopic (exact) mass is 482 g/mol. The largest absolute Gasteiger partial charge is 0.463 e. The fourth-order valence-electron chi connectivity index (χ4n) is 5.17. The number of nitrogens with zero attached hydrogens (tertiary/aromatic N) is 2. The number of piperidine rings is 1. The summed E-state index contributed by atoms with van der Waals surface area (Å²) in [5, 5.41) is 0. The molecule has 1 unspecified atom stereocenters. The van der Waals surface area contributed by atoms with Gasteiger partial charge in [0.05, 0.1) is 18.8 Å². The van der Waals surface area contributed by atoms with E-state index in [-0.39, 0.29) is 30.0 Å². The topological polar surface area (TPSA) is 49.9 Å². The summed E-state index contributed by atoms with van der Waals surface area (Å²) in [6, 6.07) is 11.1. The number of esters is 1. The molecule has 186 valence electrons. The molecular weight excluding hydrogens is 450 g/mol. The van der Waals surface area contributed by atoms with Gasteiger partial charge in [0.1, 0.15) is 11.6 Å². The Bertz CT molecular complexity index is 1050. The van der Waals surface area contributed by atoms with Crippen molar-refractivity contribution in [2.24, 2.45) is 5.92 Å². The van der Waals surface area contributed by atoms with Crippen molar-refractivity contribution in [3.63, 3.8) is 0 Å². The van der Waals surface area contributed by atoms with Gasteiger partial charge in [0.15, 0.2) is 0 Å². The molecule has 0 radical (unpaired) electrons. The van der Waals surface area contributed by atoms with E-state index in [1.807, 2.05) is 0 Å². The van der Waals surface area contributed by atoms with E-state index in [4.69, 9.17) is 4.74 Å². The smallest absolute Gasteiger partial charge is 0.330 e. The van der Waals surface area contributed by atoms with Gasteiger partial charge in [0, 0.05) is 18.5 Å². The number of hydrogen-bond donors (Lipinski definition) is 0. The number of hydrogen-bond acceptors (Lipinski definition) is 4. The summed E-state index contributed by atoms with van der Waals surface area (Å²) in [6.45, 7) is 6.20. The van der Waals surface area contributed by atoms with Crippen molar-refractivity contribution in [2.45, 2.75) is 38.0 Å². The van der Waals surface area contributed by atoms with E-state index >= 15 is 0 Å². The van der Waals surface area contributed by atoms with Crippen LogP contribution in [0.25, 0.3) is 0 Å². The average molecular weight is 483 g/mol. The number of halogens is 2. The molecule has 35 heavy (non-hydrogen) atoms. The molecule has 1 atom stereocenters. The van der Waals surface area contributed by atoms with Crippen molar-refractivity contribution in [3.8, 4) is 0 Å². The Hall–Kier alpha value is -3.06. The van der Waals surface area contributed by atoms with Gasteiger partial charge in [-0.3, -0.25) is 9.69 Å². The van der Waals surface area contributed by atoms with Crippen molar-refractivity contribution in [1.29, 1.82) is 0 Å². The van der Waals surface area contributed by atoms with Gasteiger partial charge in [-0.1, -0.05) is 24.8 Å². The fraction of sp³-hybridized carbons (Fsp3) is 0.429. The normalized spacial score (nSPS) is 19.0. The molecule has 2 aromatic carbocycles. The number of carbonyl (C=O) groups excluding carboxylic acids is 2. The van der Waals surface area contributed by atoms with E-state index in [0.717, 1.165) is 56.3 Å². The Kier molecular flexibility index (Phi) is 8.29. The highest BCUT2D eigenvalue weighted by Crippen LogP contribution is 2.39. The number of amides is 1. The Morgan fingerprint density at radius 2 is 1.71 bits per heavy atom. The van der Waals surface area contributed by atoms with Crippen LogP contribution in [0.4, 0.5) is 14.5 Å². The maximum Gasteiger partial charge on any atom is 0.330 e. The summed E-state index contributed by atoms with van der Waals surface area (Å²) >= 11 is 0. The molecule has 5 nitrogen and oxygen atoms in total. The molecule has 1 amide bonds. The Balaban J connectivity index is 1.41. The number of benzene rings is 2. The van der Waals surface area contributed by atoms with Gasteiger partial charge in [-0.15, -0.1) is 0 Å². The van der Waals surface area contributed by atoms with Crippen LogP contribution in [0.1, 0.15) is 49.1 Å². The van der Waals surface area contributed by atoms with E-state index in [2.05, 4.69) is 11.5 Å². The third-order valence-electron chi connectivity index (χ3n) is 7.11. The molecule has 0 N–H and O–H groups in total. The molecule has 1 saturated heterocycles. The van der Waals surface area contributed by atoms with Crippen LogP contribution >= 0.6 is 0 Å². The zero-order valence-corrected chi connectivity index (χ0v) is 19.9. The number of rotatable bonds is 7. The summed E-state index contributed by atoms with van der Waals surface area (Å²) in [5.74, 6) is -0.656. The fourth-order valence-corrected chi connectivity index (χ4v) is 5.17. The van der Waals surface area contributed by atoms with Gasteiger partial charge < -0.3 is 9.64 Å². The zero-order valence-electron chi connectivity index (χ0n) is 19.9. The first-order valence-electron chi connectivity index (χ1n) is 12.3. The van der Waals surface area contributed by atoms with Crippen LogP contribution in [-0.2, 0) is 14.3 Å². The number of fused-ring (bicyclic) bond motifs is 1. The highest BCUT2D eigenvalue weighted by atomic mass is 19.1. The molecule has 2 aliphatic heterocycles. The maximum atomic E-state index is 14.3. The molecular formula is C28H32F2N2O3. The Morgan fingerprint density at radius 1 is 1.00 bits per heavy atom. The number of likely N-dealkylation sites (tertiary alicyclic amines) is 1. The minimum atomic E-state index is -0.399. The molecule has 0 aromatic heterocycles. The molecule has 0 bridgehead atoms. The summed E-state index contributed by atoms with van der Waals surface area (Å²) in [7, 11) is 0. The SMILES string of the molecule is C=CC(=O)OCCC1CCN(CC(=O)N2CCCC(c3ccc(F)cc3)c3ccc(F)cc32)CC1.